The molecule has 0 radical (unpaired) electrons. The summed E-state index contributed by atoms with van der Waals surface area (Å²) in [6, 6.07) is 1.01. The van der Waals surface area contributed by atoms with Crippen molar-refractivity contribution in [3.05, 3.63) is 30.9 Å². The molecule has 41 heavy (non-hydrogen) atoms. The number of aromatic nitrogens is 4. The second kappa shape index (κ2) is 11.9. The number of amides is 3. The van der Waals surface area contributed by atoms with E-state index in [1.165, 1.54) is 6.20 Å². The fourth-order valence-corrected chi connectivity index (χ4v) is 4.59. The molecule has 1 fully saturated rings. The Hall–Kier alpha value is -3.90. The Morgan fingerprint density at radius 1 is 0.902 bits per heavy atom. The molecule has 1 saturated heterocycles. The first-order chi connectivity index (χ1) is 18.8. The molecule has 13 heteroatoms. The average Bonchev–Trinajstić information content (AvgIpc) is 3.29. The monoisotopic (exact) mass is 573 g/mol. The minimum absolute atomic E-state index is 0.0529. The number of rotatable bonds is 4. The van der Waals surface area contributed by atoms with E-state index in [0.29, 0.717) is 18.8 Å². The standard InChI is InChI=1S/C28H43N7O6/c1-18-16-33(17-19(22(18)34-14-13-30-32-34)31-23(36)39-26(2,3)4)20-11-12-29-15-21(20)35(24(37)40-27(5,6)7)25(38)41-28(8,9)10/h11-15,18-19,22H,16-17H2,1-10H3,(H,31,36)/t18-,19+,22-/m0/s1. The third kappa shape index (κ3) is 8.79. The SMILES string of the molecule is C[C@H]1CN(c2ccncc2N(C(=O)OC(C)(C)C)C(=O)OC(C)(C)C)C[C@@H](NC(=O)OC(C)(C)C)[C@H]1n1ccnn1. The molecule has 0 aromatic carbocycles. The Morgan fingerprint density at radius 3 is 2.00 bits per heavy atom. The van der Waals surface area contributed by atoms with Crippen LogP contribution in [0.2, 0.25) is 0 Å². The second-order valence-electron chi connectivity index (χ2n) is 13.2. The molecule has 13 nitrogen and oxygen atoms in total. The van der Waals surface area contributed by atoms with Gasteiger partial charge in [-0.3, -0.25) is 4.98 Å². The van der Waals surface area contributed by atoms with E-state index in [-0.39, 0.29) is 17.6 Å². The lowest BCUT2D eigenvalue weighted by Gasteiger charge is -2.44. The van der Waals surface area contributed by atoms with Crippen molar-refractivity contribution in [1.29, 1.82) is 0 Å². The van der Waals surface area contributed by atoms with E-state index in [1.807, 2.05) is 11.8 Å². The number of piperidine rings is 1. The van der Waals surface area contributed by atoms with E-state index in [2.05, 4.69) is 20.6 Å². The van der Waals surface area contributed by atoms with Crippen LogP contribution in [-0.2, 0) is 14.2 Å². The summed E-state index contributed by atoms with van der Waals surface area (Å²) in [5, 5.41) is 11.1. The van der Waals surface area contributed by atoms with Crippen LogP contribution in [0.3, 0.4) is 0 Å². The first-order valence-corrected chi connectivity index (χ1v) is 13.6. The Balaban J connectivity index is 2.03. The largest absolute Gasteiger partial charge is 0.444 e. The Labute approximate surface area is 241 Å². The number of hydrogen-bond acceptors (Lipinski definition) is 10. The van der Waals surface area contributed by atoms with Crippen LogP contribution in [0.5, 0.6) is 0 Å². The second-order valence-corrected chi connectivity index (χ2v) is 13.2. The van der Waals surface area contributed by atoms with Gasteiger partial charge in [0.05, 0.1) is 30.2 Å². The highest BCUT2D eigenvalue weighted by molar-refractivity contribution is 6.11. The van der Waals surface area contributed by atoms with Gasteiger partial charge >= 0.3 is 18.3 Å². The van der Waals surface area contributed by atoms with E-state index in [4.69, 9.17) is 14.2 Å². The van der Waals surface area contributed by atoms with Gasteiger partial charge in [0, 0.05) is 25.5 Å². The molecule has 2 aromatic rings. The van der Waals surface area contributed by atoms with Gasteiger partial charge in [0.25, 0.3) is 0 Å². The lowest BCUT2D eigenvalue weighted by atomic mass is 9.89. The van der Waals surface area contributed by atoms with Gasteiger partial charge < -0.3 is 24.4 Å². The molecular formula is C28H43N7O6. The topological polar surface area (TPSA) is 141 Å². The van der Waals surface area contributed by atoms with Gasteiger partial charge in [-0.2, -0.15) is 4.90 Å². The number of ether oxygens (including phenoxy) is 3. The summed E-state index contributed by atoms with van der Waals surface area (Å²) < 4.78 is 18.4. The van der Waals surface area contributed by atoms with Crippen LogP contribution in [0, 0.1) is 5.92 Å². The van der Waals surface area contributed by atoms with E-state index in [9.17, 15) is 14.4 Å². The first-order valence-electron chi connectivity index (χ1n) is 13.6. The first kappa shape index (κ1) is 31.6. The normalized spacial score (nSPS) is 19.8. The molecule has 3 amide bonds. The molecule has 0 aliphatic carbocycles. The number of hydrogen-bond donors (Lipinski definition) is 1. The molecule has 0 unspecified atom stereocenters. The fourth-order valence-electron chi connectivity index (χ4n) is 4.59. The molecule has 0 bridgehead atoms. The summed E-state index contributed by atoms with van der Waals surface area (Å²) in [5.41, 5.74) is -1.69. The minimum Gasteiger partial charge on any atom is -0.444 e. The van der Waals surface area contributed by atoms with Crippen LogP contribution in [0.15, 0.2) is 30.9 Å². The van der Waals surface area contributed by atoms with Crippen LogP contribution < -0.4 is 15.1 Å². The van der Waals surface area contributed by atoms with Gasteiger partial charge in [-0.25, -0.2) is 19.1 Å². The molecule has 2 aromatic heterocycles. The molecule has 3 heterocycles. The van der Waals surface area contributed by atoms with Crippen LogP contribution >= 0.6 is 0 Å². The maximum absolute atomic E-state index is 13.4. The number of carbonyl (C=O) groups excluding carboxylic acids is 3. The zero-order valence-electron chi connectivity index (χ0n) is 25.7. The molecular weight excluding hydrogens is 530 g/mol. The summed E-state index contributed by atoms with van der Waals surface area (Å²) >= 11 is 0. The highest BCUT2D eigenvalue weighted by Gasteiger charge is 2.41. The van der Waals surface area contributed by atoms with Gasteiger partial charge in [-0.05, 0) is 74.3 Å². The Bertz CT molecular complexity index is 1190. The van der Waals surface area contributed by atoms with Crippen molar-refractivity contribution in [3.63, 3.8) is 0 Å². The highest BCUT2D eigenvalue weighted by Crippen LogP contribution is 2.36. The van der Waals surface area contributed by atoms with Gasteiger partial charge in [0.1, 0.15) is 22.5 Å². The van der Waals surface area contributed by atoms with E-state index in [1.54, 1.807) is 91.7 Å². The summed E-state index contributed by atoms with van der Waals surface area (Å²) in [6.07, 6.45) is 3.99. The van der Waals surface area contributed by atoms with Gasteiger partial charge in [0.15, 0.2) is 0 Å². The van der Waals surface area contributed by atoms with Crippen molar-refractivity contribution in [2.75, 3.05) is 22.9 Å². The van der Waals surface area contributed by atoms with Crippen molar-refractivity contribution < 1.29 is 28.6 Å². The summed E-state index contributed by atoms with van der Waals surface area (Å²) in [5.74, 6) is -0.0529. The van der Waals surface area contributed by atoms with Crippen LogP contribution in [0.4, 0.5) is 25.8 Å². The third-order valence-electron chi connectivity index (χ3n) is 5.88. The number of anilines is 2. The summed E-state index contributed by atoms with van der Waals surface area (Å²) in [6.45, 7) is 18.5. The maximum Gasteiger partial charge on any atom is 0.424 e. The van der Waals surface area contributed by atoms with Crippen molar-refractivity contribution in [2.24, 2.45) is 5.92 Å². The van der Waals surface area contributed by atoms with Crippen molar-refractivity contribution >= 4 is 29.7 Å². The summed E-state index contributed by atoms with van der Waals surface area (Å²) in [7, 11) is 0. The molecule has 3 atom stereocenters. The van der Waals surface area contributed by atoms with Gasteiger partial charge in [-0.15, -0.1) is 5.10 Å². The number of imide groups is 1. The zero-order chi connectivity index (χ0) is 30.8. The molecule has 1 aliphatic rings. The van der Waals surface area contributed by atoms with Gasteiger partial charge in [-0.1, -0.05) is 12.1 Å². The van der Waals surface area contributed by atoms with E-state index < -0.39 is 41.1 Å². The molecule has 0 spiro atoms. The van der Waals surface area contributed by atoms with Crippen LogP contribution in [0.1, 0.15) is 75.3 Å². The van der Waals surface area contributed by atoms with E-state index in [0.717, 1.165) is 4.90 Å². The molecule has 226 valence electrons. The fraction of sp³-hybridized carbons (Fsp3) is 0.643. The Kier molecular flexibility index (Phi) is 9.19. The zero-order valence-corrected chi connectivity index (χ0v) is 25.7. The van der Waals surface area contributed by atoms with Crippen molar-refractivity contribution in [3.8, 4) is 0 Å². The quantitative estimate of drug-likeness (QED) is 0.500. The third-order valence-corrected chi connectivity index (χ3v) is 5.88. The van der Waals surface area contributed by atoms with Gasteiger partial charge in [0.2, 0.25) is 0 Å². The summed E-state index contributed by atoms with van der Waals surface area (Å²) in [4.78, 5) is 46.7. The molecule has 1 aliphatic heterocycles. The number of pyridine rings is 1. The average molecular weight is 574 g/mol. The predicted octanol–water partition coefficient (Wildman–Crippen LogP) is 4.94. The molecule has 1 N–H and O–H groups in total. The lowest BCUT2D eigenvalue weighted by molar-refractivity contribution is 0.0426. The molecule has 3 rings (SSSR count). The smallest absolute Gasteiger partial charge is 0.424 e. The van der Waals surface area contributed by atoms with Crippen molar-refractivity contribution in [1.82, 2.24) is 25.3 Å². The van der Waals surface area contributed by atoms with Crippen LogP contribution in [-0.4, -0.2) is 74.2 Å². The predicted molar refractivity (Wildman–Crippen MR) is 153 cm³/mol. The minimum atomic E-state index is -0.894. The number of alkyl carbamates (subject to hydrolysis) is 1. The number of nitrogens with one attached hydrogen (secondary N) is 1. The van der Waals surface area contributed by atoms with E-state index >= 15 is 0 Å². The number of nitrogens with zero attached hydrogens (tertiary/aromatic N) is 6. The number of carbonyl (C=O) groups is 3. The maximum atomic E-state index is 13.4. The highest BCUT2D eigenvalue weighted by atomic mass is 16.6. The Morgan fingerprint density at radius 2 is 1.49 bits per heavy atom. The molecule has 0 saturated carbocycles. The lowest BCUT2D eigenvalue weighted by Crippen LogP contribution is -2.57. The van der Waals surface area contributed by atoms with Crippen LogP contribution in [0.25, 0.3) is 0 Å². The van der Waals surface area contributed by atoms with Crippen molar-refractivity contribution in [2.45, 2.75) is 98.1 Å².